The molecule has 1 unspecified atom stereocenters. The molecule has 0 spiro atoms. The number of aromatic nitrogens is 1. The third kappa shape index (κ3) is 9.11. The lowest BCUT2D eigenvalue weighted by atomic mass is 9.82. The molecule has 5 aliphatic rings. The van der Waals surface area contributed by atoms with E-state index in [1.54, 1.807) is 11.0 Å². The number of carbonyl (C=O) groups excluding carboxylic acids is 4. The lowest BCUT2D eigenvalue weighted by molar-refractivity contribution is -0.137. The second kappa shape index (κ2) is 18.8. The lowest BCUT2D eigenvalue weighted by Crippen LogP contribution is -2.52. The molecular formula is C49H57N7O6. The van der Waals surface area contributed by atoms with Gasteiger partial charge >= 0.3 is 0 Å². The Morgan fingerprint density at radius 2 is 1.74 bits per heavy atom. The monoisotopic (exact) mass is 839 g/mol. The molecule has 0 radical (unpaired) electrons. The Bertz CT molecular complexity index is 2280. The highest BCUT2D eigenvalue weighted by Gasteiger charge is 2.44. The molecule has 1 saturated carbocycles. The number of anilines is 2. The third-order valence-electron chi connectivity index (χ3n) is 13.8. The molecule has 3 aromatic carbocycles. The van der Waals surface area contributed by atoms with Crippen LogP contribution in [0.5, 0.6) is 5.75 Å². The molecule has 4 amide bonds. The number of carbonyl (C=O) groups is 4. The number of aliphatic hydroxyl groups excluding tert-OH is 1. The summed E-state index contributed by atoms with van der Waals surface area (Å²) in [5, 5.41) is 23.1. The van der Waals surface area contributed by atoms with Crippen LogP contribution in [0.1, 0.15) is 97.3 Å². The van der Waals surface area contributed by atoms with Gasteiger partial charge in [0.25, 0.3) is 5.91 Å². The Morgan fingerprint density at radius 1 is 0.919 bits per heavy atom. The number of aliphatic hydroxyl groups is 1. The van der Waals surface area contributed by atoms with E-state index in [-0.39, 0.29) is 42.8 Å². The number of piperidine rings is 1. The molecule has 13 heteroatoms. The number of hydrogen-bond donors (Lipinski definition) is 5. The van der Waals surface area contributed by atoms with Gasteiger partial charge in [0.05, 0.1) is 19.2 Å². The molecule has 5 heterocycles. The van der Waals surface area contributed by atoms with Crippen LogP contribution in [0.15, 0.2) is 85.2 Å². The van der Waals surface area contributed by atoms with Crippen molar-refractivity contribution in [2.45, 2.75) is 101 Å². The minimum absolute atomic E-state index is 0.0201. The molecule has 13 nitrogen and oxygen atoms in total. The van der Waals surface area contributed by atoms with Crippen molar-refractivity contribution in [2.24, 2.45) is 11.8 Å². The van der Waals surface area contributed by atoms with Crippen molar-refractivity contribution in [1.82, 2.24) is 25.4 Å². The van der Waals surface area contributed by atoms with Gasteiger partial charge in [0.15, 0.2) is 0 Å². The van der Waals surface area contributed by atoms with E-state index in [2.05, 4.69) is 73.6 Å². The number of likely N-dealkylation sites (tertiary alicyclic amines) is 1. The first-order chi connectivity index (χ1) is 30.3. The molecule has 2 saturated heterocycles. The van der Waals surface area contributed by atoms with E-state index in [9.17, 15) is 24.3 Å². The molecular weight excluding hydrogens is 783 g/mol. The Kier molecular flexibility index (Phi) is 12.6. The van der Waals surface area contributed by atoms with Crippen molar-refractivity contribution in [3.63, 3.8) is 0 Å². The zero-order chi connectivity index (χ0) is 42.6. The molecule has 4 aliphatic heterocycles. The van der Waals surface area contributed by atoms with Gasteiger partial charge in [-0.1, -0.05) is 24.3 Å². The molecule has 4 atom stereocenters. The summed E-state index contributed by atoms with van der Waals surface area (Å²) >= 11 is 0. The second-order valence-electron chi connectivity index (χ2n) is 17.7. The van der Waals surface area contributed by atoms with Crippen LogP contribution in [-0.2, 0) is 27.5 Å². The fourth-order valence-corrected chi connectivity index (χ4v) is 10.6. The number of nitrogens with one attached hydrogen (secondary N) is 4. The fraction of sp³-hybridized carbons (Fsp3) is 0.449. The Hall–Kier alpha value is -5.63. The van der Waals surface area contributed by atoms with Crippen LogP contribution in [0.2, 0.25) is 0 Å². The highest BCUT2D eigenvalue weighted by molar-refractivity contribution is 6.05. The number of amides is 4. The minimum atomic E-state index is -0.650. The van der Waals surface area contributed by atoms with Crippen molar-refractivity contribution in [3.05, 3.63) is 107 Å². The van der Waals surface area contributed by atoms with Gasteiger partial charge in [-0.25, -0.2) is 0 Å². The van der Waals surface area contributed by atoms with E-state index >= 15 is 0 Å². The van der Waals surface area contributed by atoms with E-state index in [0.29, 0.717) is 61.7 Å². The Morgan fingerprint density at radius 3 is 2.56 bits per heavy atom. The topological polar surface area (TPSA) is 165 Å². The van der Waals surface area contributed by atoms with E-state index in [1.807, 2.05) is 36.7 Å². The maximum absolute atomic E-state index is 13.1. The lowest BCUT2D eigenvalue weighted by Gasteiger charge is -2.39. The number of nitrogens with zero attached hydrogens (tertiary/aromatic N) is 3. The Balaban J connectivity index is 0.708. The highest BCUT2D eigenvalue weighted by Crippen LogP contribution is 2.48. The predicted molar refractivity (Wildman–Crippen MR) is 236 cm³/mol. The third-order valence-corrected chi connectivity index (χ3v) is 13.8. The zero-order valence-electron chi connectivity index (χ0n) is 35.2. The van der Waals surface area contributed by atoms with Crippen molar-refractivity contribution >= 4 is 35.0 Å². The minimum Gasteiger partial charge on any atom is -0.492 e. The van der Waals surface area contributed by atoms with Crippen LogP contribution < -0.4 is 26.0 Å². The normalized spacial score (nSPS) is 24.5. The quantitative estimate of drug-likeness (QED) is 0.0689. The van der Waals surface area contributed by atoms with Gasteiger partial charge in [0, 0.05) is 78.8 Å². The molecule has 4 aromatic rings. The molecule has 1 aromatic heterocycles. The molecule has 9 rings (SSSR count). The number of ether oxygens (including phenoxy) is 1. The van der Waals surface area contributed by atoms with Gasteiger partial charge in [0.1, 0.15) is 18.4 Å². The number of pyridine rings is 1. The Labute approximate surface area is 363 Å². The van der Waals surface area contributed by atoms with Crippen LogP contribution in [-0.4, -0.2) is 87.9 Å². The summed E-state index contributed by atoms with van der Waals surface area (Å²) in [6.07, 6.45) is 12.1. The number of fused-ring (bicyclic) bond motifs is 4. The first-order valence-electron chi connectivity index (χ1n) is 22.5. The first kappa shape index (κ1) is 41.7. The summed E-state index contributed by atoms with van der Waals surface area (Å²) in [5.74, 6) is 0.709. The smallest absolute Gasteiger partial charge is 0.255 e. The van der Waals surface area contributed by atoms with E-state index in [1.165, 1.54) is 11.1 Å². The van der Waals surface area contributed by atoms with Crippen molar-refractivity contribution in [1.29, 1.82) is 0 Å². The van der Waals surface area contributed by atoms with Gasteiger partial charge < -0.3 is 30.7 Å². The SMILES string of the molecule is O=C1CCC(N2Cc3c(OCCNC4CCC(CCCC(=O)Nc5cccc(-c6ccc7c(c6)[C@H]6[C@H](CCN6Cc6ccncc6)[C@@H](CO)N7)c5)CC4)cccc3C2=O)C(=O)N1. The zero-order valence-corrected chi connectivity index (χ0v) is 35.2. The fourth-order valence-electron chi connectivity index (χ4n) is 10.6. The number of rotatable bonds is 15. The maximum Gasteiger partial charge on any atom is 0.255 e. The number of hydrogen-bond acceptors (Lipinski definition) is 10. The van der Waals surface area contributed by atoms with Crippen molar-refractivity contribution in [3.8, 4) is 16.9 Å². The van der Waals surface area contributed by atoms with Crippen molar-refractivity contribution < 1.29 is 29.0 Å². The molecule has 62 heavy (non-hydrogen) atoms. The number of imide groups is 1. The maximum atomic E-state index is 13.1. The first-order valence-corrected chi connectivity index (χ1v) is 22.5. The molecule has 3 fully saturated rings. The van der Waals surface area contributed by atoms with E-state index in [4.69, 9.17) is 4.74 Å². The number of benzene rings is 3. The van der Waals surface area contributed by atoms with Gasteiger partial charge in [-0.15, -0.1) is 0 Å². The largest absolute Gasteiger partial charge is 0.492 e. The molecule has 0 bridgehead atoms. The van der Waals surface area contributed by atoms with E-state index in [0.717, 1.165) is 86.1 Å². The van der Waals surface area contributed by atoms with Crippen LogP contribution in [0.25, 0.3) is 11.1 Å². The summed E-state index contributed by atoms with van der Waals surface area (Å²) in [6.45, 7) is 3.35. The highest BCUT2D eigenvalue weighted by atomic mass is 16.5. The van der Waals surface area contributed by atoms with Gasteiger partial charge in [-0.05, 0) is 135 Å². The molecule has 5 N–H and O–H groups in total. The van der Waals surface area contributed by atoms with Crippen LogP contribution >= 0.6 is 0 Å². The van der Waals surface area contributed by atoms with Gasteiger partial charge in [-0.3, -0.25) is 34.4 Å². The summed E-state index contributed by atoms with van der Waals surface area (Å²) in [4.78, 5) is 58.6. The van der Waals surface area contributed by atoms with Gasteiger partial charge in [0.2, 0.25) is 17.7 Å². The standard InChI is InChI=1S/C49H57N7O6/c57-30-42-38-20-24-55(28-32-18-21-50-22-19-32)47(38)39-27-34(12-15-41(39)53-42)33-5-2-6-36(26-33)52-45(58)9-1-4-31-10-13-35(14-11-31)51-23-25-62-44-8-3-7-37-40(44)29-56(49(37)61)43-16-17-46(59)54-48(43)60/h2-3,5-8,12,15,18-19,21-22,26-27,31,35,38,42-43,47,51,53,57H,1,4,9-11,13-14,16-17,20,23-25,28-30H2,(H,52,58)(H,54,59,60)/t31?,35?,38-,42-,43?,47-/m1/s1. The van der Waals surface area contributed by atoms with Gasteiger partial charge in [-0.2, -0.15) is 0 Å². The average Bonchev–Trinajstić information content (AvgIpc) is 3.86. The molecule has 324 valence electrons. The van der Waals surface area contributed by atoms with Crippen LogP contribution in [0.3, 0.4) is 0 Å². The van der Waals surface area contributed by atoms with Crippen molar-refractivity contribution in [2.75, 3.05) is 36.9 Å². The van der Waals surface area contributed by atoms with Crippen LogP contribution in [0.4, 0.5) is 11.4 Å². The predicted octanol–water partition coefficient (Wildman–Crippen LogP) is 6.20. The summed E-state index contributed by atoms with van der Waals surface area (Å²) in [6, 6.07) is 24.3. The second-order valence-corrected chi connectivity index (χ2v) is 17.7. The van der Waals surface area contributed by atoms with E-state index < -0.39 is 11.9 Å². The summed E-state index contributed by atoms with van der Waals surface area (Å²) in [5.41, 5.74) is 7.87. The van der Waals surface area contributed by atoms with Crippen LogP contribution in [0, 0.1) is 11.8 Å². The summed E-state index contributed by atoms with van der Waals surface area (Å²) < 4.78 is 6.15. The average molecular weight is 840 g/mol. The summed E-state index contributed by atoms with van der Waals surface area (Å²) in [7, 11) is 0. The molecule has 1 aliphatic carbocycles.